The number of nitrogens with zero attached hydrogens (tertiary/aromatic N) is 1. The van der Waals surface area contributed by atoms with E-state index in [4.69, 9.17) is 23.2 Å². The first-order valence-electron chi connectivity index (χ1n) is 5.68. The van der Waals surface area contributed by atoms with Gasteiger partial charge in [-0.3, -0.25) is 4.98 Å². The topological polar surface area (TPSA) is 24.9 Å². The number of rotatable bonds is 3. The third-order valence-corrected chi connectivity index (χ3v) is 3.32. The minimum absolute atomic E-state index is 0.621. The Labute approximate surface area is 117 Å². The van der Waals surface area contributed by atoms with Crippen LogP contribution in [0.3, 0.4) is 0 Å². The van der Waals surface area contributed by atoms with Crippen molar-refractivity contribution >= 4 is 23.2 Å². The monoisotopic (exact) mass is 280 g/mol. The molecule has 2 nitrogen and oxygen atoms in total. The first-order chi connectivity index (χ1) is 8.61. The zero-order valence-corrected chi connectivity index (χ0v) is 11.8. The lowest BCUT2D eigenvalue weighted by molar-refractivity contribution is 0.805. The summed E-state index contributed by atoms with van der Waals surface area (Å²) in [6.45, 7) is 2.81. The number of benzene rings is 1. The minimum Gasteiger partial charge on any atom is -0.316 e. The summed E-state index contributed by atoms with van der Waals surface area (Å²) in [5.41, 5.74) is 3.97. The van der Waals surface area contributed by atoms with Gasteiger partial charge in [-0.05, 0) is 43.8 Å². The maximum atomic E-state index is 6.18. The molecule has 0 atom stereocenters. The second-order valence-electron chi connectivity index (χ2n) is 4.10. The van der Waals surface area contributed by atoms with Crippen molar-refractivity contribution in [2.75, 3.05) is 7.05 Å². The maximum Gasteiger partial charge on any atom is 0.0720 e. The molecule has 1 N–H and O–H groups in total. The predicted octanol–water partition coefficient (Wildman–Crippen LogP) is 4.08. The van der Waals surface area contributed by atoms with Crippen LogP contribution < -0.4 is 5.32 Å². The summed E-state index contributed by atoms with van der Waals surface area (Å²) in [5.74, 6) is 0. The standard InChI is InChI=1S/C14H14Cl2N2/c1-9-10(8-17-2)3-6-14(18-9)12-5-4-11(15)7-13(12)16/h3-7,17H,8H2,1-2H3. The number of aryl methyl sites for hydroxylation is 1. The van der Waals surface area contributed by atoms with Gasteiger partial charge in [0.25, 0.3) is 0 Å². The summed E-state index contributed by atoms with van der Waals surface area (Å²) in [4.78, 5) is 4.58. The van der Waals surface area contributed by atoms with E-state index in [1.54, 1.807) is 6.07 Å². The van der Waals surface area contributed by atoms with Gasteiger partial charge in [0.05, 0.1) is 10.7 Å². The Kier molecular flexibility index (Phi) is 4.23. The molecule has 0 radical (unpaired) electrons. The third kappa shape index (κ3) is 2.83. The smallest absolute Gasteiger partial charge is 0.0720 e. The summed E-state index contributed by atoms with van der Waals surface area (Å²) in [6.07, 6.45) is 0. The molecule has 0 spiro atoms. The number of nitrogens with one attached hydrogen (secondary N) is 1. The van der Waals surface area contributed by atoms with Crippen molar-refractivity contribution in [2.45, 2.75) is 13.5 Å². The number of aromatic nitrogens is 1. The predicted molar refractivity (Wildman–Crippen MR) is 77.2 cm³/mol. The zero-order chi connectivity index (χ0) is 13.1. The van der Waals surface area contributed by atoms with E-state index in [0.717, 1.165) is 23.5 Å². The molecule has 4 heteroatoms. The van der Waals surface area contributed by atoms with Gasteiger partial charge in [-0.15, -0.1) is 0 Å². The first kappa shape index (κ1) is 13.3. The molecule has 0 aliphatic heterocycles. The van der Waals surface area contributed by atoms with Gasteiger partial charge in [-0.25, -0.2) is 0 Å². The van der Waals surface area contributed by atoms with E-state index in [1.165, 1.54) is 5.56 Å². The Morgan fingerprint density at radius 1 is 1.17 bits per heavy atom. The molecule has 0 aliphatic rings. The molecule has 0 aliphatic carbocycles. The van der Waals surface area contributed by atoms with Gasteiger partial charge >= 0.3 is 0 Å². The normalized spacial score (nSPS) is 10.7. The van der Waals surface area contributed by atoms with E-state index in [2.05, 4.69) is 16.4 Å². The molecule has 2 rings (SSSR count). The fraction of sp³-hybridized carbons (Fsp3) is 0.214. The Bertz CT molecular complexity index is 568. The number of halogens is 2. The molecule has 0 amide bonds. The van der Waals surface area contributed by atoms with Crippen LogP contribution in [-0.2, 0) is 6.54 Å². The fourth-order valence-corrected chi connectivity index (χ4v) is 2.32. The molecule has 18 heavy (non-hydrogen) atoms. The average Bonchev–Trinajstić information content (AvgIpc) is 2.32. The van der Waals surface area contributed by atoms with Crippen LogP contribution in [0, 0.1) is 6.92 Å². The van der Waals surface area contributed by atoms with Crippen LogP contribution in [0.25, 0.3) is 11.3 Å². The van der Waals surface area contributed by atoms with E-state index in [1.807, 2.05) is 32.2 Å². The maximum absolute atomic E-state index is 6.18. The molecule has 0 unspecified atom stereocenters. The molecule has 1 aromatic carbocycles. The lowest BCUT2D eigenvalue weighted by atomic mass is 10.1. The Hall–Kier alpha value is -1.09. The zero-order valence-electron chi connectivity index (χ0n) is 10.3. The highest BCUT2D eigenvalue weighted by molar-refractivity contribution is 6.36. The third-order valence-electron chi connectivity index (χ3n) is 2.77. The first-order valence-corrected chi connectivity index (χ1v) is 6.44. The second kappa shape index (κ2) is 5.70. The van der Waals surface area contributed by atoms with E-state index in [0.29, 0.717) is 10.0 Å². The van der Waals surface area contributed by atoms with E-state index in [9.17, 15) is 0 Å². The van der Waals surface area contributed by atoms with Crippen LogP contribution >= 0.6 is 23.2 Å². The second-order valence-corrected chi connectivity index (χ2v) is 4.94. The highest BCUT2D eigenvalue weighted by Gasteiger charge is 2.07. The van der Waals surface area contributed by atoms with Crippen LogP contribution in [0.15, 0.2) is 30.3 Å². The Morgan fingerprint density at radius 3 is 2.56 bits per heavy atom. The van der Waals surface area contributed by atoms with Gasteiger partial charge in [0.15, 0.2) is 0 Å². The van der Waals surface area contributed by atoms with Crippen molar-refractivity contribution in [1.29, 1.82) is 0 Å². The van der Waals surface area contributed by atoms with Crippen LogP contribution in [0.5, 0.6) is 0 Å². The lowest BCUT2D eigenvalue weighted by Gasteiger charge is -2.09. The quantitative estimate of drug-likeness (QED) is 0.916. The molecule has 94 valence electrons. The van der Waals surface area contributed by atoms with E-state index < -0.39 is 0 Å². The average molecular weight is 281 g/mol. The molecular weight excluding hydrogens is 267 g/mol. The van der Waals surface area contributed by atoms with Crippen LogP contribution in [0.2, 0.25) is 10.0 Å². The van der Waals surface area contributed by atoms with Crippen molar-refractivity contribution in [2.24, 2.45) is 0 Å². The fourth-order valence-electron chi connectivity index (χ4n) is 1.81. The number of hydrogen-bond acceptors (Lipinski definition) is 2. The molecule has 0 saturated heterocycles. The van der Waals surface area contributed by atoms with Crippen molar-refractivity contribution in [3.05, 3.63) is 51.6 Å². The van der Waals surface area contributed by atoms with Crippen LogP contribution in [0.4, 0.5) is 0 Å². The SMILES string of the molecule is CNCc1ccc(-c2ccc(Cl)cc2Cl)nc1C. The van der Waals surface area contributed by atoms with Crippen molar-refractivity contribution in [3.63, 3.8) is 0 Å². The molecule has 1 aromatic heterocycles. The Balaban J connectivity index is 2.42. The molecule has 2 aromatic rings. The molecule has 0 saturated carbocycles. The summed E-state index contributed by atoms with van der Waals surface area (Å²) >= 11 is 12.1. The lowest BCUT2D eigenvalue weighted by Crippen LogP contribution is -2.07. The number of hydrogen-bond donors (Lipinski definition) is 1. The molecule has 0 bridgehead atoms. The van der Waals surface area contributed by atoms with Crippen molar-refractivity contribution < 1.29 is 0 Å². The van der Waals surface area contributed by atoms with E-state index >= 15 is 0 Å². The van der Waals surface area contributed by atoms with Gasteiger partial charge in [0.2, 0.25) is 0 Å². The molecule has 0 fully saturated rings. The highest BCUT2D eigenvalue weighted by Crippen LogP contribution is 2.29. The van der Waals surface area contributed by atoms with E-state index in [-0.39, 0.29) is 0 Å². The van der Waals surface area contributed by atoms with Crippen LogP contribution in [0.1, 0.15) is 11.3 Å². The molecular formula is C14H14Cl2N2. The summed E-state index contributed by atoms with van der Waals surface area (Å²) in [6, 6.07) is 9.50. The summed E-state index contributed by atoms with van der Waals surface area (Å²) in [7, 11) is 1.92. The van der Waals surface area contributed by atoms with Gasteiger partial charge < -0.3 is 5.32 Å². The van der Waals surface area contributed by atoms with Crippen LogP contribution in [-0.4, -0.2) is 12.0 Å². The number of pyridine rings is 1. The minimum atomic E-state index is 0.621. The Morgan fingerprint density at radius 2 is 1.94 bits per heavy atom. The van der Waals surface area contributed by atoms with Crippen molar-refractivity contribution in [1.82, 2.24) is 10.3 Å². The largest absolute Gasteiger partial charge is 0.316 e. The molecule has 1 heterocycles. The summed E-state index contributed by atoms with van der Waals surface area (Å²) < 4.78 is 0. The van der Waals surface area contributed by atoms with Gasteiger partial charge in [0.1, 0.15) is 0 Å². The van der Waals surface area contributed by atoms with Crippen molar-refractivity contribution in [3.8, 4) is 11.3 Å². The highest BCUT2D eigenvalue weighted by atomic mass is 35.5. The van der Waals surface area contributed by atoms with Gasteiger partial charge in [-0.2, -0.15) is 0 Å². The van der Waals surface area contributed by atoms with Gasteiger partial charge in [-0.1, -0.05) is 29.3 Å². The van der Waals surface area contributed by atoms with Gasteiger partial charge in [0, 0.05) is 22.8 Å². The summed E-state index contributed by atoms with van der Waals surface area (Å²) in [5, 5.41) is 4.37.